The van der Waals surface area contributed by atoms with E-state index in [1.165, 1.54) is 7.11 Å². The SMILES string of the molecule is COC(=O)[C@H]1CCCCN1C(=O)C1CCOC1. The Morgan fingerprint density at radius 1 is 1.29 bits per heavy atom. The first-order chi connectivity index (χ1) is 8.24. The van der Waals surface area contributed by atoms with Gasteiger partial charge in [-0.3, -0.25) is 4.79 Å². The third-order valence-corrected chi connectivity index (χ3v) is 3.54. The molecule has 5 heteroatoms. The fourth-order valence-corrected chi connectivity index (χ4v) is 2.54. The van der Waals surface area contributed by atoms with E-state index < -0.39 is 0 Å². The Morgan fingerprint density at radius 2 is 2.12 bits per heavy atom. The van der Waals surface area contributed by atoms with Gasteiger partial charge in [0.2, 0.25) is 5.91 Å². The molecule has 0 radical (unpaired) electrons. The number of esters is 1. The molecule has 2 aliphatic rings. The van der Waals surface area contributed by atoms with Crippen LogP contribution in [0.1, 0.15) is 25.7 Å². The molecule has 2 atom stereocenters. The maximum Gasteiger partial charge on any atom is 0.328 e. The summed E-state index contributed by atoms with van der Waals surface area (Å²) in [4.78, 5) is 25.6. The zero-order chi connectivity index (χ0) is 12.3. The van der Waals surface area contributed by atoms with Gasteiger partial charge in [-0.1, -0.05) is 0 Å². The van der Waals surface area contributed by atoms with Crippen molar-refractivity contribution in [1.82, 2.24) is 4.90 Å². The Hall–Kier alpha value is -1.10. The van der Waals surface area contributed by atoms with Crippen LogP contribution in [0.15, 0.2) is 0 Å². The van der Waals surface area contributed by atoms with Gasteiger partial charge in [0.15, 0.2) is 0 Å². The Kier molecular flexibility index (Phi) is 3.99. The number of methoxy groups -OCH3 is 1. The van der Waals surface area contributed by atoms with Crippen molar-refractivity contribution in [2.45, 2.75) is 31.7 Å². The summed E-state index contributed by atoms with van der Waals surface area (Å²) in [5.74, 6) is -0.310. The van der Waals surface area contributed by atoms with E-state index in [9.17, 15) is 9.59 Å². The maximum absolute atomic E-state index is 12.3. The van der Waals surface area contributed by atoms with Crippen LogP contribution in [0, 0.1) is 5.92 Å². The van der Waals surface area contributed by atoms with Crippen LogP contribution >= 0.6 is 0 Å². The molecule has 17 heavy (non-hydrogen) atoms. The molecule has 0 bridgehead atoms. The highest BCUT2D eigenvalue weighted by Crippen LogP contribution is 2.23. The van der Waals surface area contributed by atoms with Crippen molar-refractivity contribution < 1.29 is 19.1 Å². The molecule has 0 aromatic heterocycles. The van der Waals surface area contributed by atoms with Crippen molar-refractivity contribution in [2.24, 2.45) is 5.92 Å². The Balaban J connectivity index is 2.04. The van der Waals surface area contributed by atoms with Gasteiger partial charge in [0.25, 0.3) is 0 Å². The molecule has 2 aliphatic heterocycles. The summed E-state index contributed by atoms with van der Waals surface area (Å²) in [5, 5.41) is 0. The second-order valence-electron chi connectivity index (χ2n) is 4.63. The second kappa shape index (κ2) is 5.49. The lowest BCUT2D eigenvalue weighted by Crippen LogP contribution is -2.50. The third kappa shape index (κ3) is 2.60. The predicted molar refractivity (Wildman–Crippen MR) is 60.3 cm³/mol. The van der Waals surface area contributed by atoms with E-state index in [2.05, 4.69) is 0 Å². The molecule has 0 aliphatic carbocycles. The number of likely N-dealkylation sites (tertiary alicyclic amines) is 1. The minimum Gasteiger partial charge on any atom is -0.467 e. The number of hydrogen-bond donors (Lipinski definition) is 0. The fourth-order valence-electron chi connectivity index (χ4n) is 2.54. The highest BCUT2D eigenvalue weighted by atomic mass is 16.5. The minimum absolute atomic E-state index is 0.0533. The third-order valence-electron chi connectivity index (χ3n) is 3.54. The van der Waals surface area contributed by atoms with Crippen LogP contribution in [0.25, 0.3) is 0 Å². The number of rotatable bonds is 2. The molecule has 96 valence electrons. The summed E-state index contributed by atoms with van der Waals surface area (Å²) >= 11 is 0. The Morgan fingerprint density at radius 3 is 2.76 bits per heavy atom. The fraction of sp³-hybridized carbons (Fsp3) is 0.833. The maximum atomic E-state index is 12.3. The molecule has 1 amide bonds. The lowest BCUT2D eigenvalue weighted by molar-refractivity contribution is -0.156. The standard InChI is InChI=1S/C12H19NO4/c1-16-12(15)10-4-2-3-6-13(10)11(14)9-5-7-17-8-9/h9-10H,2-8H2,1H3/t9?,10-/m1/s1. The first-order valence-electron chi connectivity index (χ1n) is 6.20. The van der Waals surface area contributed by atoms with Gasteiger partial charge in [-0.15, -0.1) is 0 Å². The molecule has 0 spiro atoms. The van der Waals surface area contributed by atoms with Gasteiger partial charge in [0, 0.05) is 13.2 Å². The molecule has 2 rings (SSSR count). The van der Waals surface area contributed by atoms with E-state index in [0.717, 1.165) is 19.3 Å². The topological polar surface area (TPSA) is 55.8 Å². The monoisotopic (exact) mass is 241 g/mol. The van der Waals surface area contributed by atoms with Crippen LogP contribution in [-0.2, 0) is 19.1 Å². The molecular formula is C12H19NO4. The number of piperidine rings is 1. The molecular weight excluding hydrogens is 222 g/mol. The number of nitrogens with zero attached hydrogens (tertiary/aromatic N) is 1. The van der Waals surface area contributed by atoms with Gasteiger partial charge in [0.05, 0.1) is 19.6 Å². The normalized spacial score (nSPS) is 29.1. The van der Waals surface area contributed by atoms with Gasteiger partial charge in [-0.25, -0.2) is 4.79 Å². The zero-order valence-electron chi connectivity index (χ0n) is 10.2. The molecule has 2 saturated heterocycles. The van der Waals surface area contributed by atoms with E-state index in [4.69, 9.17) is 9.47 Å². The van der Waals surface area contributed by atoms with Crippen molar-refractivity contribution in [3.8, 4) is 0 Å². The van der Waals surface area contributed by atoms with Crippen molar-refractivity contribution in [3.05, 3.63) is 0 Å². The highest BCUT2D eigenvalue weighted by Gasteiger charge is 2.37. The lowest BCUT2D eigenvalue weighted by atomic mass is 9.98. The van der Waals surface area contributed by atoms with Gasteiger partial charge >= 0.3 is 5.97 Å². The van der Waals surface area contributed by atoms with Crippen LogP contribution in [-0.4, -0.2) is 49.7 Å². The molecule has 0 N–H and O–H groups in total. The summed E-state index contributed by atoms with van der Waals surface area (Å²) in [6, 6.07) is -0.387. The zero-order valence-corrected chi connectivity index (χ0v) is 10.2. The summed E-state index contributed by atoms with van der Waals surface area (Å²) in [6.07, 6.45) is 3.42. The van der Waals surface area contributed by atoms with Gasteiger partial charge in [-0.05, 0) is 25.7 Å². The summed E-state index contributed by atoms with van der Waals surface area (Å²) < 4.78 is 10.00. The molecule has 0 aromatic rings. The largest absolute Gasteiger partial charge is 0.467 e. The number of ether oxygens (including phenoxy) is 2. The molecule has 0 aromatic carbocycles. The predicted octanol–water partition coefficient (Wildman–Crippen LogP) is 0.577. The lowest BCUT2D eigenvalue weighted by Gasteiger charge is -2.35. The van der Waals surface area contributed by atoms with Crippen LogP contribution in [0.5, 0.6) is 0 Å². The average molecular weight is 241 g/mol. The van der Waals surface area contributed by atoms with Gasteiger partial charge in [0.1, 0.15) is 6.04 Å². The first-order valence-corrected chi connectivity index (χ1v) is 6.20. The number of carbonyl (C=O) groups is 2. The number of carbonyl (C=O) groups excluding carboxylic acids is 2. The summed E-state index contributed by atoms with van der Waals surface area (Å²) in [7, 11) is 1.37. The highest BCUT2D eigenvalue weighted by molar-refractivity contribution is 5.86. The Labute approximate surface area is 101 Å². The van der Waals surface area contributed by atoms with E-state index in [0.29, 0.717) is 26.2 Å². The van der Waals surface area contributed by atoms with E-state index in [1.54, 1.807) is 4.90 Å². The van der Waals surface area contributed by atoms with Crippen LogP contribution in [0.2, 0.25) is 0 Å². The van der Waals surface area contributed by atoms with E-state index in [1.807, 2.05) is 0 Å². The molecule has 2 fully saturated rings. The van der Waals surface area contributed by atoms with Crippen molar-refractivity contribution >= 4 is 11.9 Å². The van der Waals surface area contributed by atoms with Gasteiger partial charge in [-0.2, -0.15) is 0 Å². The smallest absolute Gasteiger partial charge is 0.328 e. The summed E-state index contributed by atoms with van der Waals surface area (Å²) in [6.45, 7) is 1.80. The minimum atomic E-state index is -0.387. The molecule has 0 saturated carbocycles. The van der Waals surface area contributed by atoms with Crippen LogP contribution in [0.4, 0.5) is 0 Å². The molecule has 5 nitrogen and oxygen atoms in total. The molecule has 1 unspecified atom stereocenters. The summed E-state index contributed by atoms with van der Waals surface area (Å²) in [5.41, 5.74) is 0. The van der Waals surface area contributed by atoms with Crippen molar-refractivity contribution in [2.75, 3.05) is 26.9 Å². The average Bonchev–Trinajstić information content (AvgIpc) is 2.91. The number of amides is 1. The van der Waals surface area contributed by atoms with Crippen LogP contribution < -0.4 is 0 Å². The molecule has 2 heterocycles. The van der Waals surface area contributed by atoms with Crippen molar-refractivity contribution in [1.29, 1.82) is 0 Å². The van der Waals surface area contributed by atoms with Gasteiger partial charge < -0.3 is 14.4 Å². The number of hydrogen-bond acceptors (Lipinski definition) is 4. The van der Waals surface area contributed by atoms with E-state index >= 15 is 0 Å². The van der Waals surface area contributed by atoms with Crippen LogP contribution in [0.3, 0.4) is 0 Å². The Bertz CT molecular complexity index is 299. The second-order valence-corrected chi connectivity index (χ2v) is 4.63. The first kappa shape index (κ1) is 12.4. The van der Waals surface area contributed by atoms with E-state index in [-0.39, 0.29) is 23.8 Å². The van der Waals surface area contributed by atoms with Crippen molar-refractivity contribution in [3.63, 3.8) is 0 Å². The quantitative estimate of drug-likeness (QED) is 0.663.